The Morgan fingerprint density at radius 1 is 0.536 bits per heavy atom. The van der Waals surface area contributed by atoms with E-state index in [0.29, 0.717) is 12.8 Å². The molecule has 0 aliphatic carbocycles. The number of unbranched alkanes of at least 4 members (excludes halogenated alkanes) is 14. The topological polar surface area (TPSA) is 86.7 Å². The Bertz CT molecular complexity index is 543. The molecule has 0 rings (SSSR count). The fourth-order valence-electron chi connectivity index (χ4n) is 2.99. The van der Waals surface area contributed by atoms with Crippen LogP contribution in [0.5, 0.6) is 0 Å². The van der Waals surface area contributed by atoms with Gasteiger partial charge in [0.25, 0.3) is 10.1 Å². The number of hydrogen-bond donors (Lipinski definition) is 0. The Kier molecular flexibility index (Phi) is 17.5. The maximum absolute atomic E-state index is 11.8. The minimum absolute atomic E-state index is 0.0371. The van der Waals surface area contributed by atoms with Crippen LogP contribution in [0.2, 0.25) is 0 Å². The molecule has 0 atom stereocenters. The number of hydrogen-bond acceptors (Lipinski definition) is 6. The van der Waals surface area contributed by atoms with Gasteiger partial charge in [0.15, 0.2) is 0 Å². The second-order valence-corrected chi connectivity index (χ2v) is 10.6. The second-order valence-electron chi connectivity index (χ2n) is 7.51. The van der Waals surface area contributed by atoms with Crippen LogP contribution in [0.4, 0.5) is 0 Å². The SMILES string of the molecule is CCCCCCCCCCOS(=O)(=O)OS(=O)(=O)CCCCCCCCCC. The first-order valence-electron chi connectivity index (χ1n) is 11.2. The Morgan fingerprint density at radius 3 is 1.39 bits per heavy atom. The van der Waals surface area contributed by atoms with Crippen molar-refractivity contribution in [3.63, 3.8) is 0 Å². The van der Waals surface area contributed by atoms with Crippen molar-refractivity contribution >= 4 is 20.5 Å². The summed E-state index contributed by atoms with van der Waals surface area (Å²) >= 11 is 0. The summed E-state index contributed by atoms with van der Waals surface area (Å²) in [5, 5.41) is 0. The highest BCUT2D eigenvalue weighted by molar-refractivity contribution is 7.97. The maximum Gasteiger partial charge on any atom is 0.414 e. The first kappa shape index (κ1) is 27.8. The first-order chi connectivity index (χ1) is 13.3. The van der Waals surface area contributed by atoms with E-state index in [9.17, 15) is 16.8 Å². The van der Waals surface area contributed by atoms with Crippen LogP contribution in [0.1, 0.15) is 117 Å². The highest BCUT2D eigenvalue weighted by Crippen LogP contribution is 2.12. The lowest BCUT2D eigenvalue weighted by Gasteiger charge is -2.07. The predicted octanol–water partition coefficient (Wildman–Crippen LogP) is 5.88. The summed E-state index contributed by atoms with van der Waals surface area (Å²) in [4.78, 5) is 0. The Balaban J connectivity index is 3.77. The normalized spacial score (nSPS) is 12.5. The molecule has 0 bridgehead atoms. The molecular weight excluding hydrogens is 400 g/mol. The van der Waals surface area contributed by atoms with Crippen LogP contribution in [0.15, 0.2) is 0 Å². The van der Waals surface area contributed by atoms with Gasteiger partial charge in [-0.1, -0.05) is 104 Å². The molecule has 0 aromatic heterocycles. The minimum Gasteiger partial charge on any atom is -0.247 e. The zero-order valence-corrected chi connectivity index (χ0v) is 19.6. The molecule has 0 heterocycles. The molecule has 0 saturated carbocycles. The van der Waals surface area contributed by atoms with E-state index in [0.717, 1.165) is 44.9 Å². The summed E-state index contributed by atoms with van der Waals surface area (Å²) in [6, 6.07) is 0. The molecule has 0 fully saturated rings. The van der Waals surface area contributed by atoms with Crippen molar-refractivity contribution in [3.8, 4) is 0 Å². The highest BCUT2D eigenvalue weighted by atomic mass is 32.3. The van der Waals surface area contributed by atoms with E-state index >= 15 is 0 Å². The average molecular weight is 443 g/mol. The Hall–Kier alpha value is -0.180. The van der Waals surface area contributed by atoms with Crippen molar-refractivity contribution in [2.45, 2.75) is 117 Å². The largest absolute Gasteiger partial charge is 0.414 e. The van der Waals surface area contributed by atoms with Gasteiger partial charge in [0.2, 0.25) is 0 Å². The van der Waals surface area contributed by atoms with Gasteiger partial charge in [-0.05, 0) is 12.8 Å². The second kappa shape index (κ2) is 17.7. The summed E-state index contributed by atoms with van der Waals surface area (Å²) in [6.45, 7) is 4.30. The van der Waals surface area contributed by atoms with Crippen molar-refractivity contribution in [3.05, 3.63) is 0 Å². The van der Waals surface area contributed by atoms with Crippen LogP contribution >= 0.6 is 0 Å². The first-order valence-corrected chi connectivity index (χ1v) is 14.1. The van der Waals surface area contributed by atoms with Gasteiger partial charge in [0.05, 0.1) is 12.4 Å². The third kappa shape index (κ3) is 19.2. The molecule has 28 heavy (non-hydrogen) atoms. The fraction of sp³-hybridized carbons (Fsp3) is 1.00. The molecule has 0 N–H and O–H groups in total. The van der Waals surface area contributed by atoms with Crippen LogP contribution < -0.4 is 0 Å². The van der Waals surface area contributed by atoms with Gasteiger partial charge < -0.3 is 0 Å². The number of rotatable bonds is 21. The van der Waals surface area contributed by atoms with E-state index in [1.165, 1.54) is 44.9 Å². The average Bonchev–Trinajstić information content (AvgIpc) is 2.61. The van der Waals surface area contributed by atoms with Crippen molar-refractivity contribution in [2.75, 3.05) is 12.4 Å². The lowest BCUT2D eigenvalue weighted by atomic mass is 10.1. The summed E-state index contributed by atoms with van der Waals surface area (Å²) in [6.07, 6.45) is 16.6. The lowest BCUT2D eigenvalue weighted by molar-refractivity contribution is 0.267. The molecule has 0 saturated heterocycles. The molecule has 6 nitrogen and oxygen atoms in total. The van der Waals surface area contributed by atoms with E-state index in [-0.39, 0.29) is 12.4 Å². The third-order valence-corrected chi connectivity index (χ3v) is 7.40. The van der Waals surface area contributed by atoms with Crippen molar-refractivity contribution in [1.29, 1.82) is 0 Å². The molecule has 0 spiro atoms. The third-order valence-electron chi connectivity index (χ3n) is 4.66. The van der Waals surface area contributed by atoms with Gasteiger partial charge in [-0.15, -0.1) is 3.63 Å². The molecule has 0 aromatic carbocycles. The van der Waals surface area contributed by atoms with E-state index in [1.807, 2.05) is 0 Å². The summed E-state index contributed by atoms with van der Waals surface area (Å²) in [5.41, 5.74) is 0. The van der Waals surface area contributed by atoms with Crippen molar-refractivity contribution in [1.82, 2.24) is 0 Å². The van der Waals surface area contributed by atoms with Gasteiger partial charge in [-0.25, -0.2) is 4.18 Å². The zero-order valence-electron chi connectivity index (χ0n) is 18.0. The van der Waals surface area contributed by atoms with Crippen LogP contribution in [-0.2, 0) is 28.3 Å². The van der Waals surface area contributed by atoms with Crippen molar-refractivity contribution in [2.24, 2.45) is 0 Å². The summed E-state index contributed by atoms with van der Waals surface area (Å²) < 4.78 is 55.9. The Labute approximate surface area is 174 Å². The molecule has 0 radical (unpaired) electrons. The maximum atomic E-state index is 11.8. The van der Waals surface area contributed by atoms with E-state index in [4.69, 9.17) is 0 Å². The molecule has 0 aliphatic rings. The lowest BCUT2D eigenvalue weighted by Crippen LogP contribution is -2.19. The molecule has 170 valence electrons. The molecular formula is C20H42O6S2. The van der Waals surface area contributed by atoms with Crippen LogP contribution in [0, 0.1) is 0 Å². The fourth-order valence-corrected chi connectivity index (χ4v) is 5.31. The van der Waals surface area contributed by atoms with Gasteiger partial charge in [0.1, 0.15) is 0 Å². The quantitative estimate of drug-likeness (QED) is 0.206. The molecule has 0 unspecified atom stereocenters. The van der Waals surface area contributed by atoms with Gasteiger partial charge >= 0.3 is 10.4 Å². The van der Waals surface area contributed by atoms with E-state index in [1.54, 1.807) is 0 Å². The van der Waals surface area contributed by atoms with E-state index in [2.05, 4.69) is 21.7 Å². The minimum atomic E-state index is -4.49. The monoisotopic (exact) mass is 442 g/mol. The van der Waals surface area contributed by atoms with Crippen LogP contribution in [0.25, 0.3) is 0 Å². The molecule has 0 aliphatic heterocycles. The smallest absolute Gasteiger partial charge is 0.247 e. The molecule has 0 amide bonds. The summed E-state index contributed by atoms with van der Waals surface area (Å²) in [7, 11) is -8.60. The van der Waals surface area contributed by atoms with Gasteiger partial charge in [0, 0.05) is 0 Å². The predicted molar refractivity (Wildman–Crippen MR) is 115 cm³/mol. The van der Waals surface area contributed by atoms with Crippen LogP contribution in [-0.4, -0.2) is 29.2 Å². The molecule has 8 heteroatoms. The van der Waals surface area contributed by atoms with Crippen molar-refractivity contribution < 1.29 is 24.6 Å². The summed E-state index contributed by atoms with van der Waals surface area (Å²) in [5.74, 6) is -0.289. The zero-order chi connectivity index (χ0) is 21.1. The standard InChI is InChI=1S/C20H42O6S2/c1-3-5-7-9-11-13-15-17-19-25-28(23,24)26-27(21,22)20-18-16-14-12-10-8-6-4-2/h3-20H2,1-2H3. The Morgan fingerprint density at radius 2 is 0.929 bits per heavy atom. The molecule has 0 aromatic rings. The van der Waals surface area contributed by atoms with Gasteiger partial charge in [-0.3, -0.25) is 0 Å². The highest BCUT2D eigenvalue weighted by Gasteiger charge is 2.23. The van der Waals surface area contributed by atoms with Crippen LogP contribution in [0.3, 0.4) is 0 Å². The van der Waals surface area contributed by atoms with E-state index < -0.39 is 20.5 Å². The van der Waals surface area contributed by atoms with Gasteiger partial charge in [-0.2, -0.15) is 16.8 Å².